The van der Waals surface area contributed by atoms with Gasteiger partial charge in [0.1, 0.15) is 24.1 Å². The number of para-hydroxylation sites is 1. The maximum Gasteiger partial charge on any atom is 0.262 e. The number of nitrogens with zero attached hydrogens (tertiary/aromatic N) is 2. The normalized spacial score (nSPS) is 23.3. The van der Waals surface area contributed by atoms with E-state index >= 15 is 0 Å². The third kappa shape index (κ3) is 4.71. The monoisotopic (exact) mass is 518 g/mol. The number of hydrogen-bond donors (Lipinski definition) is 2. The molecule has 1 unspecified atom stereocenters. The highest BCUT2D eigenvalue weighted by molar-refractivity contribution is 6.05. The van der Waals surface area contributed by atoms with Crippen molar-refractivity contribution in [2.24, 2.45) is 0 Å². The van der Waals surface area contributed by atoms with Gasteiger partial charge in [-0.2, -0.15) is 0 Å². The number of piperidine rings is 2. The molecule has 4 amide bonds. The van der Waals surface area contributed by atoms with Gasteiger partial charge < -0.3 is 19.7 Å². The van der Waals surface area contributed by atoms with Crippen LogP contribution in [0.1, 0.15) is 53.6 Å². The first kappa shape index (κ1) is 24.4. The van der Waals surface area contributed by atoms with E-state index in [9.17, 15) is 19.2 Å². The van der Waals surface area contributed by atoms with Crippen molar-refractivity contribution in [2.45, 2.75) is 57.3 Å². The van der Waals surface area contributed by atoms with Crippen LogP contribution in [0.2, 0.25) is 0 Å². The van der Waals surface area contributed by atoms with Gasteiger partial charge in [0.2, 0.25) is 11.8 Å². The van der Waals surface area contributed by atoms with Gasteiger partial charge in [-0.15, -0.1) is 0 Å². The van der Waals surface area contributed by atoms with Crippen LogP contribution in [0.15, 0.2) is 36.4 Å². The van der Waals surface area contributed by atoms with Crippen molar-refractivity contribution in [3.63, 3.8) is 0 Å². The van der Waals surface area contributed by atoms with Crippen LogP contribution in [0.5, 0.6) is 11.5 Å². The summed E-state index contributed by atoms with van der Waals surface area (Å²) < 4.78 is 11.8. The number of anilines is 1. The topological polar surface area (TPSA) is 117 Å². The molecule has 10 nitrogen and oxygen atoms in total. The SMILES string of the molecule is O=C1CCC(N2Cc3cc(OC[C@H]4CCCCN4Cc4cccc5c4NC(=O)CO5)ccc3C2=O)C(=O)N1. The van der Waals surface area contributed by atoms with Gasteiger partial charge in [-0.05, 0) is 61.2 Å². The predicted molar refractivity (Wildman–Crippen MR) is 137 cm³/mol. The molecule has 2 saturated heterocycles. The molecule has 6 rings (SSSR count). The van der Waals surface area contributed by atoms with Gasteiger partial charge in [0.25, 0.3) is 11.8 Å². The number of benzene rings is 2. The number of carbonyl (C=O) groups excluding carboxylic acids is 4. The molecular formula is C28H30N4O6. The summed E-state index contributed by atoms with van der Waals surface area (Å²) in [5.41, 5.74) is 3.16. The Morgan fingerprint density at radius 1 is 1.00 bits per heavy atom. The lowest BCUT2D eigenvalue weighted by atomic mass is 10.0. The summed E-state index contributed by atoms with van der Waals surface area (Å²) in [5.74, 6) is 0.336. The van der Waals surface area contributed by atoms with E-state index in [1.807, 2.05) is 24.3 Å². The van der Waals surface area contributed by atoms with Crippen LogP contribution in [0, 0.1) is 0 Å². The van der Waals surface area contributed by atoms with Crippen LogP contribution < -0.4 is 20.1 Å². The largest absolute Gasteiger partial charge is 0.492 e. The molecule has 10 heteroatoms. The summed E-state index contributed by atoms with van der Waals surface area (Å²) in [6.45, 7) is 2.47. The van der Waals surface area contributed by atoms with E-state index in [1.165, 1.54) is 0 Å². The van der Waals surface area contributed by atoms with Crippen LogP contribution >= 0.6 is 0 Å². The first-order chi connectivity index (χ1) is 18.5. The van der Waals surface area contributed by atoms with Crippen molar-refractivity contribution in [2.75, 3.05) is 25.1 Å². The summed E-state index contributed by atoms with van der Waals surface area (Å²) in [5, 5.41) is 5.29. The van der Waals surface area contributed by atoms with E-state index in [2.05, 4.69) is 15.5 Å². The highest BCUT2D eigenvalue weighted by Crippen LogP contribution is 2.34. The quantitative estimate of drug-likeness (QED) is 0.563. The van der Waals surface area contributed by atoms with Crippen molar-refractivity contribution >= 4 is 29.3 Å². The number of rotatable bonds is 6. The second-order valence-corrected chi connectivity index (χ2v) is 10.3. The Morgan fingerprint density at radius 3 is 2.76 bits per heavy atom. The predicted octanol–water partition coefficient (Wildman–Crippen LogP) is 2.21. The standard InChI is InChI=1S/C28H30N4O6/c33-24-10-9-22(27(35)30-24)32-14-18-12-20(7-8-21(18)28(32)36)37-15-19-5-1-2-11-31(19)13-17-4-3-6-23-26(17)29-25(34)16-38-23/h3-4,6-8,12,19,22H,1-2,5,9-11,13-16H2,(H,29,34)(H,30,33,35)/t19-,22?/m1/s1. The number of fused-ring (bicyclic) bond motifs is 2. The third-order valence-electron chi connectivity index (χ3n) is 7.80. The molecule has 4 heterocycles. The van der Waals surface area contributed by atoms with E-state index in [1.54, 1.807) is 17.0 Å². The molecule has 2 aromatic carbocycles. The average Bonchev–Trinajstić information content (AvgIpc) is 3.23. The van der Waals surface area contributed by atoms with Crippen molar-refractivity contribution < 1.29 is 28.7 Å². The number of amides is 4. The fraction of sp³-hybridized carbons (Fsp3) is 0.429. The number of ether oxygens (including phenoxy) is 2. The van der Waals surface area contributed by atoms with E-state index < -0.39 is 11.9 Å². The lowest BCUT2D eigenvalue weighted by Gasteiger charge is -2.36. The zero-order valence-corrected chi connectivity index (χ0v) is 21.0. The minimum atomic E-state index is -0.633. The van der Waals surface area contributed by atoms with Gasteiger partial charge in [-0.25, -0.2) is 0 Å². The summed E-state index contributed by atoms with van der Waals surface area (Å²) in [6, 6.07) is 10.9. The number of hydrogen-bond acceptors (Lipinski definition) is 7. The summed E-state index contributed by atoms with van der Waals surface area (Å²) in [6.07, 6.45) is 3.80. The molecule has 0 radical (unpaired) electrons. The van der Waals surface area contributed by atoms with Crippen LogP contribution in [0.3, 0.4) is 0 Å². The molecule has 0 spiro atoms. The minimum absolute atomic E-state index is 0.0360. The maximum atomic E-state index is 13.0. The van der Waals surface area contributed by atoms with E-state index in [4.69, 9.17) is 9.47 Å². The Hall–Kier alpha value is -3.92. The summed E-state index contributed by atoms with van der Waals surface area (Å²) in [4.78, 5) is 52.6. The van der Waals surface area contributed by atoms with Crippen molar-refractivity contribution in [3.05, 3.63) is 53.1 Å². The minimum Gasteiger partial charge on any atom is -0.492 e. The molecule has 198 valence electrons. The zero-order valence-electron chi connectivity index (χ0n) is 21.0. The number of likely N-dealkylation sites (tertiary alicyclic amines) is 1. The third-order valence-corrected chi connectivity index (χ3v) is 7.80. The highest BCUT2D eigenvalue weighted by atomic mass is 16.5. The Bertz CT molecular complexity index is 1310. The van der Waals surface area contributed by atoms with Crippen molar-refractivity contribution in [3.8, 4) is 11.5 Å². The summed E-state index contributed by atoms with van der Waals surface area (Å²) >= 11 is 0. The van der Waals surface area contributed by atoms with Crippen LogP contribution in [-0.4, -0.2) is 65.3 Å². The Labute approximate surface area is 220 Å². The van der Waals surface area contributed by atoms with Crippen molar-refractivity contribution in [1.29, 1.82) is 0 Å². The molecule has 0 aromatic heterocycles. The molecule has 4 aliphatic heterocycles. The number of nitrogens with one attached hydrogen (secondary N) is 2. The highest BCUT2D eigenvalue weighted by Gasteiger charge is 2.39. The smallest absolute Gasteiger partial charge is 0.262 e. The van der Waals surface area contributed by atoms with Crippen LogP contribution in [0.4, 0.5) is 5.69 Å². The second kappa shape index (κ2) is 10.1. The molecule has 0 aliphatic carbocycles. The van der Waals surface area contributed by atoms with Gasteiger partial charge in [0.05, 0.1) is 5.69 Å². The lowest BCUT2D eigenvalue weighted by molar-refractivity contribution is -0.137. The molecule has 38 heavy (non-hydrogen) atoms. The molecule has 2 aromatic rings. The van der Waals surface area contributed by atoms with E-state index in [0.717, 1.165) is 42.6 Å². The van der Waals surface area contributed by atoms with Gasteiger partial charge in [0.15, 0.2) is 6.61 Å². The molecule has 4 aliphatic rings. The maximum absolute atomic E-state index is 13.0. The number of imide groups is 1. The van der Waals surface area contributed by atoms with E-state index in [-0.39, 0.29) is 36.8 Å². The molecule has 2 fully saturated rings. The first-order valence-corrected chi connectivity index (χ1v) is 13.2. The fourth-order valence-electron chi connectivity index (χ4n) is 5.80. The Morgan fingerprint density at radius 2 is 1.89 bits per heavy atom. The molecule has 0 bridgehead atoms. The van der Waals surface area contributed by atoms with Crippen molar-refractivity contribution in [1.82, 2.24) is 15.1 Å². The zero-order chi connectivity index (χ0) is 26.2. The van der Waals surface area contributed by atoms with Gasteiger partial charge in [-0.1, -0.05) is 18.6 Å². The molecule has 2 N–H and O–H groups in total. The average molecular weight is 519 g/mol. The first-order valence-electron chi connectivity index (χ1n) is 13.2. The summed E-state index contributed by atoms with van der Waals surface area (Å²) in [7, 11) is 0. The van der Waals surface area contributed by atoms with E-state index in [0.29, 0.717) is 43.2 Å². The van der Waals surface area contributed by atoms with Gasteiger partial charge in [-0.3, -0.25) is 29.4 Å². The van der Waals surface area contributed by atoms with Gasteiger partial charge >= 0.3 is 0 Å². The molecule has 2 atom stereocenters. The molecule has 0 saturated carbocycles. The Kier molecular flexibility index (Phi) is 6.49. The van der Waals surface area contributed by atoms with Crippen LogP contribution in [-0.2, 0) is 27.5 Å². The lowest BCUT2D eigenvalue weighted by Crippen LogP contribution is -2.52. The van der Waals surface area contributed by atoms with Gasteiger partial charge in [0, 0.05) is 31.1 Å². The fourth-order valence-corrected chi connectivity index (χ4v) is 5.80. The Balaban J connectivity index is 1.12. The molecular weight excluding hydrogens is 488 g/mol. The number of carbonyl (C=O) groups is 4. The van der Waals surface area contributed by atoms with Crippen LogP contribution in [0.25, 0.3) is 0 Å². The second-order valence-electron chi connectivity index (χ2n) is 10.3.